The van der Waals surface area contributed by atoms with E-state index in [9.17, 15) is 0 Å². The molecule has 0 aliphatic rings. The number of hydrogen-bond acceptors (Lipinski definition) is 0. The molecule has 0 saturated carbocycles. The second-order valence-electron chi connectivity index (χ2n) is 4.29. The third-order valence-corrected chi connectivity index (χ3v) is 3.39. The van der Waals surface area contributed by atoms with Crippen molar-refractivity contribution >= 4 is 59.5 Å². The standard InChI is InChI=1S/C12H6B4/c1-2-8-12-10(16-6-14-8)4-3-9-11(12)7(1)13-5-15-9/h1-6H. The van der Waals surface area contributed by atoms with Crippen LogP contribution in [0.15, 0.2) is 36.0 Å². The molecule has 0 saturated heterocycles. The first-order chi connectivity index (χ1) is 7.93. The Hall–Kier alpha value is -1.30. The zero-order valence-electron chi connectivity index (χ0n) is 8.77. The first-order valence-electron chi connectivity index (χ1n) is 5.56. The van der Waals surface area contributed by atoms with Crippen LogP contribution < -0.4 is 0 Å². The van der Waals surface area contributed by atoms with E-state index in [0.29, 0.717) is 0 Å². The molecular formula is C12H6B4. The van der Waals surface area contributed by atoms with E-state index in [0.717, 1.165) is 0 Å². The maximum atomic E-state index is 2.21. The van der Waals surface area contributed by atoms with Crippen LogP contribution in [0.2, 0.25) is 0 Å². The van der Waals surface area contributed by atoms with Crippen LogP contribution in [0.4, 0.5) is 0 Å². The summed E-state index contributed by atoms with van der Waals surface area (Å²) in [5.74, 6) is 4.25. The van der Waals surface area contributed by atoms with Gasteiger partial charge < -0.3 is 0 Å². The second-order valence-corrected chi connectivity index (χ2v) is 4.29. The molecule has 16 heavy (non-hydrogen) atoms. The van der Waals surface area contributed by atoms with E-state index in [1.807, 2.05) is 0 Å². The van der Waals surface area contributed by atoms with Gasteiger partial charge >= 0.3 is 95.5 Å². The summed E-state index contributed by atoms with van der Waals surface area (Å²) in [5.41, 5.74) is 0. The second kappa shape index (κ2) is 3.10. The van der Waals surface area contributed by atoms with Crippen LogP contribution in [-0.2, 0) is 0 Å². The van der Waals surface area contributed by atoms with Crippen molar-refractivity contribution in [1.29, 1.82) is 0 Å². The molecular weight excluding hydrogens is 187 g/mol. The fourth-order valence-electron chi connectivity index (χ4n) is 2.67. The molecule has 0 spiro atoms. The summed E-state index contributed by atoms with van der Waals surface area (Å²) in [4.78, 5) is 0. The van der Waals surface area contributed by atoms with Gasteiger partial charge in [-0.05, 0) is 0 Å². The molecule has 0 aliphatic heterocycles. The Morgan fingerprint density at radius 3 is 1.12 bits per heavy atom. The maximum absolute atomic E-state index is 2.21. The van der Waals surface area contributed by atoms with Gasteiger partial charge in [-0.1, -0.05) is 0 Å². The summed E-state index contributed by atoms with van der Waals surface area (Å²) in [5, 5.41) is 8.14. The Morgan fingerprint density at radius 2 is 0.812 bits per heavy atom. The van der Waals surface area contributed by atoms with Gasteiger partial charge in [0.15, 0.2) is 0 Å². The van der Waals surface area contributed by atoms with E-state index in [-0.39, 0.29) is 0 Å². The Morgan fingerprint density at radius 1 is 0.500 bits per heavy atom. The Kier molecular flexibility index (Phi) is 1.71. The molecule has 4 heteroatoms. The summed E-state index contributed by atoms with van der Waals surface area (Å²) in [6.45, 7) is 8.75. The fraction of sp³-hybridized carbons (Fsp3) is 0. The third-order valence-electron chi connectivity index (χ3n) is 3.39. The van der Waals surface area contributed by atoms with Crippen LogP contribution in [0.1, 0.15) is 0 Å². The molecule has 0 fully saturated rings. The summed E-state index contributed by atoms with van der Waals surface area (Å²) < 4.78 is 0. The molecule has 0 bridgehead atoms. The van der Waals surface area contributed by atoms with E-state index in [2.05, 4.69) is 63.6 Å². The molecule has 66 valence electrons. The van der Waals surface area contributed by atoms with Crippen LogP contribution in [0.5, 0.6) is 0 Å². The van der Waals surface area contributed by atoms with E-state index in [4.69, 9.17) is 0 Å². The van der Waals surface area contributed by atoms with Crippen LogP contribution in [0.25, 0.3) is 31.9 Å². The Balaban J connectivity index is 2.51. The van der Waals surface area contributed by atoms with E-state index < -0.39 is 0 Å². The molecule has 2 heterocycles. The van der Waals surface area contributed by atoms with Crippen molar-refractivity contribution < 1.29 is 0 Å². The average molecular weight is 193 g/mol. The summed E-state index contributed by atoms with van der Waals surface area (Å²) in [6.07, 6.45) is 0. The third kappa shape index (κ3) is 1.05. The van der Waals surface area contributed by atoms with E-state index in [1.54, 1.807) is 0 Å². The quantitative estimate of drug-likeness (QED) is 0.374. The Labute approximate surface area is 95.9 Å². The first kappa shape index (κ1) is 8.81. The van der Waals surface area contributed by atoms with Gasteiger partial charge in [-0.15, -0.1) is 0 Å². The molecule has 0 atom stereocenters. The minimum atomic E-state index is 1.34. The minimum absolute atomic E-state index is 1.34. The van der Waals surface area contributed by atoms with Gasteiger partial charge in [0, 0.05) is 0 Å². The SMILES string of the molecule is b1cbc2ccc3bcbc4ccc1c2c43. The Bertz CT molecular complexity index is 680. The molecule has 2 aromatic carbocycles. The van der Waals surface area contributed by atoms with Gasteiger partial charge in [0.2, 0.25) is 0 Å². The van der Waals surface area contributed by atoms with Gasteiger partial charge in [-0.2, -0.15) is 0 Å². The molecule has 0 N–H and O–H groups in total. The van der Waals surface area contributed by atoms with E-state index in [1.165, 1.54) is 31.9 Å². The topological polar surface area (TPSA) is 0 Å². The number of hydrogen-bond donors (Lipinski definition) is 0. The molecule has 0 amide bonds. The molecule has 0 unspecified atom stereocenters. The molecule has 4 aromatic rings. The van der Waals surface area contributed by atoms with E-state index >= 15 is 0 Å². The molecule has 2 aromatic heterocycles. The zero-order chi connectivity index (χ0) is 10.5. The van der Waals surface area contributed by atoms with Crippen LogP contribution in [-0.4, -0.2) is 27.6 Å². The van der Waals surface area contributed by atoms with Gasteiger partial charge in [0.1, 0.15) is 0 Å². The summed E-state index contributed by atoms with van der Waals surface area (Å²) >= 11 is 0. The van der Waals surface area contributed by atoms with Crippen LogP contribution in [0.3, 0.4) is 0 Å². The van der Waals surface area contributed by atoms with Gasteiger partial charge in [-0.3, -0.25) is 0 Å². The van der Waals surface area contributed by atoms with Crippen molar-refractivity contribution in [1.82, 2.24) is 0 Å². The average Bonchev–Trinajstić information content (AvgIpc) is 2.36. The van der Waals surface area contributed by atoms with Crippen molar-refractivity contribution in [3.63, 3.8) is 0 Å². The predicted molar refractivity (Wildman–Crippen MR) is 75.5 cm³/mol. The van der Waals surface area contributed by atoms with Crippen molar-refractivity contribution in [3.8, 4) is 0 Å². The van der Waals surface area contributed by atoms with Crippen molar-refractivity contribution in [2.24, 2.45) is 0 Å². The molecule has 0 radical (unpaired) electrons. The molecule has 0 nitrogen and oxygen atoms in total. The summed E-state index contributed by atoms with van der Waals surface area (Å²) in [6, 6.07) is 8.85. The van der Waals surface area contributed by atoms with Crippen LogP contribution in [0, 0.1) is 0 Å². The zero-order valence-corrected chi connectivity index (χ0v) is 8.77. The van der Waals surface area contributed by atoms with Crippen molar-refractivity contribution in [3.05, 3.63) is 36.0 Å². The van der Waals surface area contributed by atoms with Crippen LogP contribution >= 0.6 is 0 Å². The number of rotatable bonds is 0. The van der Waals surface area contributed by atoms with Crippen molar-refractivity contribution in [2.75, 3.05) is 0 Å². The van der Waals surface area contributed by atoms with Gasteiger partial charge in [0.25, 0.3) is 0 Å². The van der Waals surface area contributed by atoms with Crippen molar-refractivity contribution in [2.45, 2.75) is 0 Å². The monoisotopic (exact) mass is 194 g/mol. The fourth-order valence-corrected chi connectivity index (χ4v) is 2.67. The van der Waals surface area contributed by atoms with Gasteiger partial charge in [-0.25, -0.2) is 0 Å². The molecule has 0 aliphatic carbocycles. The predicted octanol–water partition coefficient (Wildman–Crippen LogP) is 1.94. The first-order valence-corrected chi connectivity index (χ1v) is 5.56. The normalized spacial score (nSPS) is 10.8. The molecule has 4 rings (SSSR count). The number of benzene rings is 2. The summed E-state index contributed by atoms with van der Waals surface area (Å²) in [7, 11) is 0. The van der Waals surface area contributed by atoms with Gasteiger partial charge in [0.05, 0.1) is 0 Å².